The quantitative estimate of drug-likeness (QED) is 0.327. The Kier molecular flexibility index (Phi) is 4.83. The summed E-state index contributed by atoms with van der Waals surface area (Å²) in [6, 6.07) is 16.9. The first-order valence-corrected chi connectivity index (χ1v) is 9.89. The van der Waals surface area contributed by atoms with E-state index < -0.39 is 10.8 Å². The maximum atomic E-state index is 12.9. The maximum absolute atomic E-state index is 12.9. The lowest BCUT2D eigenvalue weighted by molar-refractivity contribution is -0.385. The van der Waals surface area contributed by atoms with E-state index in [1.54, 1.807) is 29.9 Å². The summed E-state index contributed by atoms with van der Waals surface area (Å²) in [6.07, 6.45) is 3.02. The summed E-state index contributed by atoms with van der Waals surface area (Å²) >= 11 is 0. The van der Waals surface area contributed by atoms with Gasteiger partial charge in [0.2, 0.25) is 0 Å². The second-order valence-corrected chi connectivity index (χ2v) is 7.14. The SMILES string of the molecule is Cc1cc(NC(=O)c2ccccc2[N+](=O)[O-])n(-c2ncnc3c2cnn3-c2ccccc2)n1. The summed E-state index contributed by atoms with van der Waals surface area (Å²) in [7, 11) is 0. The number of rotatable bonds is 5. The first-order chi connectivity index (χ1) is 16.0. The van der Waals surface area contributed by atoms with E-state index in [0.717, 1.165) is 5.69 Å². The van der Waals surface area contributed by atoms with Gasteiger partial charge in [-0.3, -0.25) is 14.9 Å². The molecule has 3 aromatic heterocycles. The molecular formula is C22H16N8O3. The number of nitro benzene ring substituents is 1. The van der Waals surface area contributed by atoms with Crippen LogP contribution in [0.5, 0.6) is 0 Å². The van der Waals surface area contributed by atoms with E-state index in [0.29, 0.717) is 28.4 Å². The smallest absolute Gasteiger partial charge is 0.282 e. The van der Waals surface area contributed by atoms with Crippen molar-refractivity contribution in [2.75, 3.05) is 5.32 Å². The Morgan fingerprint density at radius 2 is 1.79 bits per heavy atom. The highest BCUT2D eigenvalue weighted by Crippen LogP contribution is 2.25. The van der Waals surface area contributed by atoms with Gasteiger partial charge < -0.3 is 5.32 Å². The zero-order chi connectivity index (χ0) is 22.9. The standard InChI is InChI=1S/C22H16N8O3/c1-14-11-19(26-22(31)16-9-5-6-10-18(16)30(32)33)29(27-14)21-17-12-25-28(20(17)23-13-24-21)15-7-3-2-4-8-15/h2-13H,1H3,(H,26,31). The first kappa shape index (κ1) is 20.0. The van der Waals surface area contributed by atoms with Crippen molar-refractivity contribution in [3.8, 4) is 11.5 Å². The van der Waals surface area contributed by atoms with E-state index in [2.05, 4.69) is 25.5 Å². The van der Waals surface area contributed by atoms with Crippen LogP contribution < -0.4 is 5.32 Å². The maximum Gasteiger partial charge on any atom is 0.282 e. The molecule has 0 aliphatic carbocycles. The van der Waals surface area contributed by atoms with Crippen LogP contribution in [0.2, 0.25) is 0 Å². The normalized spacial score (nSPS) is 10.9. The number of hydrogen-bond donors (Lipinski definition) is 1. The van der Waals surface area contributed by atoms with Crippen LogP contribution in [0.1, 0.15) is 16.1 Å². The third-order valence-corrected chi connectivity index (χ3v) is 4.96. The molecule has 0 aliphatic rings. The van der Waals surface area contributed by atoms with Crippen molar-refractivity contribution in [3.05, 3.63) is 94.6 Å². The van der Waals surface area contributed by atoms with Crippen LogP contribution in [0.3, 0.4) is 0 Å². The number of aromatic nitrogens is 6. The Morgan fingerprint density at radius 3 is 2.58 bits per heavy atom. The lowest BCUT2D eigenvalue weighted by Crippen LogP contribution is -2.17. The van der Waals surface area contributed by atoms with Gasteiger partial charge >= 0.3 is 0 Å². The van der Waals surface area contributed by atoms with E-state index in [1.807, 2.05) is 30.3 Å². The van der Waals surface area contributed by atoms with E-state index in [1.165, 1.54) is 29.2 Å². The van der Waals surface area contributed by atoms with Gasteiger partial charge in [0.15, 0.2) is 11.5 Å². The minimum atomic E-state index is -0.631. The molecule has 0 fully saturated rings. The fourth-order valence-corrected chi connectivity index (χ4v) is 3.52. The molecule has 11 nitrogen and oxygen atoms in total. The van der Waals surface area contributed by atoms with E-state index in [9.17, 15) is 14.9 Å². The monoisotopic (exact) mass is 440 g/mol. The number of nitrogens with one attached hydrogen (secondary N) is 1. The molecule has 0 aliphatic heterocycles. The van der Waals surface area contributed by atoms with Crippen LogP contribution >= 0.6 is 0 Å². The third kappa shape index (κ3) is 3.57. The van der Waals surface area contributed by atoms with Crippen molar-refractivity contribution in [1.29, 1.82) is 0 Å². The molecule has 0 spiro atoms. The molecule has 1 amide bonds. The van der Waals surface area contributed by atoms with E-state index in [4.69, 9.17) is 0 Å². The summed E-state index contributed by atoms with van der Waals surface area (Å²) in [6.45, 7) is 1.77. The van der Waals surface area contributed by atoms with Crippen molar-refractivity contribution < 1.29 is 9.72 Å². The zero-order valence-corrected chi connectivity index (χ0v) is 17.3. The Balaban J connectivity index is 1.57. The van der Waals surface area contributed by atoms with Gasteiger partial charge in [0.25, 0.3) is 11.6 Å². The average molecular weight is 440 g/mol. The predicted octanol–water partition coefficient (Wildman–Crippen LogP) is 3.47. The molecule has 5 aromatic rings. The number of nitrogens with zero attached hydrogens (tertiary/aromatic N) is 7. The fourth-order valence-electron chi connectivity index (χ4n) is 3.52. The highest BCUT2D eigenvalue weighted by Gasteiger charge is 2.22. The van der Waals surface area contributed by atoms with Crippen LogP contribution in [-0.2, 0) is 0 Å². The summed E-state index contributed by atoms with van der Waals surface area (Å²) in [5.74, 6) is 0.0879. The molecule has 0 saturated heterocycles. The molecule has 2 aromatic carbocycles. The van der Waals surface area contributed by atoms with Gasteiger partial charge in [-0.25, -0.2) is 14.6 Å². The largest absolute Gasteiger partial charge is 0.306 e. The summed E-state index contributed by atoms with van der Waals surface area (Å²) in [4.78, 5) is 32.3. The topological polar surface area (TPSA) is 134 Å². The van der Waals surface area contributed by atoms with Gasteiger partial charge in [-0.2, -0.15) is 14.9 Å². The second kappa shape index (κ2) is 7.96. The van der Waals surface area contributed by atoms with E-state index in [-0.39, 0.29) is 11.3 Å². The number of para-hydroxylation sites is 2. The Hall–Kier alpha value is -4.93. The van der Waals surface area contributed by atoms with Crippen molar-refractivity contribution in [2.24, 2.45) is 0 Å². The number of nitro groups is 1. The molecule has 0 unspecified atom stereocenters. The number of aryl methyl sites for hydroxylation is 1. The molecule has 162 valence electrons. The van der Waals surface area contributed by atoms with Gasteiger partial charge in [-0.1, -0.05) is 30.3 Å². The van der Waals surface area contributed by atoms with Crippen LogP contribution in [0.25, 0.3) is 22.5 Å². The van der Waals surface area contributed by atoms with Gasteiger partial charge in [0.1, 0.15) is 17.7 Å². The number of fused-ring (bicyclic) bond motifs is 1. The molecule has 11 heteroatoms. The Morgan fingerprint density at radius 1 is 1.03 bits per heavy atom. The predicted molar refractivity (Wildman–Crippen MR) is 120 cm³/mol. The van der Waals surface area contributed by atoms with Crippen LogP contribution in [0.4, 0.5) is 11.5 Å². The van der Waals surface area contributed by atoms with Crippen LogP contribution in [0, 0.1) is 17.0 Å². The molecule has 0 radical (unpaired) electrons. The second-order valence-electron chi connectivity index (χ2n) is 7.14. The lowest BCUT2D eigenvalue weighted by Gasteiger charge is -2.09. The lowest BCUT2D eigenvalue weighted by atomic mass is 10.1. The third-order valence-electron chi connectivity index (χ3n) is 4.96. The van der Waals surface area contributed by atoms with Gasteiger partial charge in [0.05, 0.1) is 27.9 Å². The molecular weight excluding hydrogens is 424 g/mol. The van der Waals surface area contributed by atoms with Gasteiger partial charge in [-0.15, -0.1) is 0 Å². The first-order valence-electron chi connectivity index (χ1n) is 9.89. The number of carbonyl (C=O) groups is 1. The minimum absolute atomic E-state index is 0.0577. The Bertz CT molecular complexity index is 1510. The molecule has 1 N–H and O–H groups in total. The number of hydrogen-bond acceptors (Lipinski definition) is 7. The number of anilines is 1. The van der Waals surface area contributed by atoms with Gasteiger partial charge in [-0.05, 0) is 25.1 Å². The summed E-state index contributed by atoms with van der Waals surface area (Å²) in [5.41, 5.74) is 1.67. The number of amides is 1. The Labute approximate surface area is 186 Å². The fraction of sp³-hybridized carbons (Fsp3) is 0.0455. The molecule has 0 atom stereocenters. The number of carbonyl (C=O) groups excluding carboxylic acids is 1. The molecule has 33 heavy (non-hydrogen) atoms. The highest BCUT2D eigenvalue weighted by molar-refractivity contribution is 6.06. The molecule has 3 heterocycles. The van der Waals surface area contributed by atoms with Crippen molar-refractivity contribution in [1.82, 2.24) is 29.5 Å². The van der Waals surface area contributed by atoms with Crippen molar-refractivity contribution in [3.63, 3.8) is 0 Å². The molecule has 5 rings (SSSR count). The van der Waals surface area contributed by atoms with E-state index >= 15 is 0 Å². The van der Waals surface area contributed by atoms with Crippen molar-refractivity contribution >= 4 is 28.4 Å². The average Bonchev–Trinajstić information content (AvgIpc) is 3.42. The summed E-state index contributed by atoms with van der Waals surface area (Å²) < 4.78 is 3.14. The van der Waals surface area contributed by atoms with Crippen molar-refractivity contribution in [2.45, 2.75) is 6.92 Å². The molecule has 0 saturated carbocycles. The summed E-state index contributed by atoms with van der Waals surface area (Å²) in [5, 5.41) is 23.5. The zero-order valence-electron chi connectivity index (χ0n) is 17.3. The minimum Gasteiger partial charge on any atom is -0.306 e. The van der Waals surface area contributed by atoms with Crippen LogP contribution in [0.15, 0.2) is 73.2 Å². The highest BCUT2D eigenvalue weighted by atomic mass is 16.6. The number of benzene rings is 2. The van der Waals surface area contributed by atoms with Crippen LogP contribution in [-0.4, -0.2) is 40.4 Å². The van der Waals surface area contributed by atoms with Gasteiger partial charge in [0, 0.05) is 12.1 Å². The molecule has 0 bridgehead atoms.